The highest BCUT2D eigenvalue weighted by Gasteiger charge is 2.01. The van der Waals surface area contributed by atoms with Crippen LogP contribution in [0.1, 0.15) is 19.5 Å². The minimum absolute atomic E-state index is 0.120. The largest absolute Gasteiger partial charge is 0.392 e. The van der Waals surface area contributed by atoms with Crippen molar-refractivity contribution >= 4 is 17.4 Å². The van der Waals surface area contributed by atoms with Gasteiger partial charge in [0.25, 0.3) is 0 Å². The molecular weight excluding hydrogens is 170 g/mol. The lowest BCUT2D eigenvalue weighted by Gasteiger charge is -2.06. The Morgan fingerprint density at radius 1 is 1.75 bits per heavy atom. The SMILES string of the molecule is CC(C)/C(=C\c1cscn1)CO. The predicted octanol–water partition coefficient (Wildman–Crippen LogP) is 2.17. The Bertz CT molecular complexity index is 252. The van der Waals surface area contributed by atoms with E-state index in [1.807, 2.05) is 11.5 Å². The molecule has 0 bridgehead atoms. The number of hydrogen-bond donors (Lipinski definition) is 1. The lowest BCUT2D eigenvalue weighted by molar-refractivity contribution is 0.320. The molecular formula is C9H13NOS. The molecule has 0 aliphatic rings. The molecule has 1 heterocycles. The van der Waals surface area contributed by atoms with Gasteiger partial charge in [0, 0.05) is 5.38 Å². The van der Waals surface area contributed by atoms with Crippen molar-refractivity contribution in [2.45, 2.75) is 13.8 Å². The van der Waals surface area contributed by atoms with E-state index in [2.05, 4.69) is 18.8 Å². The van der Waals surface area contributed by atoms with Crippen LogP contribution in [0.25, 0.3) is 6.08 Å². The van der Waals surface area contributed by atoms with E-state index in [-0.39, 0.29) is 6.61 Å². The van der Waals surface area contributed by atoms with E-state index in [1.54, 1.807) is 16.8 Å². The van der Waals surface area contributed by atoms with Crippen molar-refractivity contribution in [3.63, 3.8) is 0 Å². The molecule has 0 radical (unpaired) electrons. The molecule has 0 amide bonds. The average Bonchev–Trinajstić information content (AvgIpc) is 2.51. The van der Waals surface area contributed by atoms with Gasteiger partial charge in [0.2, 0.25) is 0 Å². The van der Waals surface area contributed by atoms with E-state index >= 15 is 0 Å². The van der Waals surface area contributed by atoms with Crippen LogP contribution in [0.15, 0.2) is 16.5 Å². The predicted molar refractivity (Wildman–Crippen MR) is 52.0 cm³/mol. The summed E-state index contributed by atoms with van der Waals surface area (Å²) >= 11 is 1.57. The third-order valence-corrected chi connectivity index (χ3v) is 2.31. The van der Waals surface area contributed by atoms with Crippen molar-refractivity contribution in [2.24, 2.45) is 5.92 Å². The van der Waals surface area contributed by atoms with E-state index in [0.29, 0.717) is 5.92 Å². The molecule has 0 fully saturated rings. The lowest BCUT2D eigenvalue weighted by atomic mass is 10.0. The first-order valence-corrected chi connectivity index (χ1v) is 4.88. The molecule has 0 atom stereocenters. The number of thiazole rings is 1. The van der Waals surface area contributed by atoms with Crippen molar-refractivity contribution < 1.29 is 5.11 Å². The van der Waals surface area contributed by atoms with Crippen molar-refractivity contribution in [3.8, 4) is 0 Å². The maximum atomic E-state index is 9.00. The second kappa shape index (κ2) is 4.38. The van der Waals surface area contributed by atoms with Crippen LogP contribution in [0, 0.1) is 5.92 Å². The van der Waals surface area contributed by atoms with Crippen molar-refractivity contribution in [1.29, 1.82) is 0 Å². The lowest BCUT2D eigenvalue weighted by Crippen LogP contribution is -1.98. The summed E-state index contributed by atoms with van der Waals surface area (Å²) in [4.78, 5) is 4.12. The van der Waals surface area contributed by atoms with Gasteiger partial charge in [-0.15, -0.1) is 11.3 Å². The van der Waals surface area contributed by atoms with Crippen molar-refractivity contribution in [2.75, 3.05) is 6.61 Å². The molecule has 2 nitrogen and oxygen atoms in total. The fraction of sp³-hybridized carbons (Fsp3) is 0.444. The second-order valence-corrected chi connectivity index (χ2v) is 3.66. The van der Waals surface area contributed by atoms with Gasteiger partial charge in [-0.25, -0.2) is 4.98 Å². The topological polar surface area (TPSA) is 33.1 Å². The Hall–Kier alpha value is -0.670. The zero-order chi connectivity index (χ0) is 8.97. The maximum absolute atomic E-state index is 9.00. The third kappa shape index (κ3) is 2.43. The number of aliphatic hydroxyl groups is 1. The minimum Gasteiger partial charge on any atom is -0.392 e. The summed E-state index contributed by atoms with van der Waals surface area (Å²) in [6.07, 6.45) is 1.95. The third-order valence-electron chi connectivity index (χ3n) is 1.71. The number of rotatable bonds is 3. The molecule has 0 saturated heterocycles. The number of aliphatic hydroxyl groups excluding tert-OH is 1. The van der Waals surface area contributed by atoms with Crippen LogP contribution >= 0.6 is 11.3 Å². The first-order chi connectivity index (χ1) is 5.74. The van der Waals surface area contributed by atoms with Gasteiger partial charge in [0.15, 0.2) is 0 Å². The molecule has 0 saturated carbocycles. The first-order valence-electron chi connectivity index (χ1n) is 3.93. The molecule has 1 N–H and O–H groups in total. The van der Waals surface area contributed by atoms with Crippen LogP contribution in [0.3, 0.4) is 0 Å². The summed E-state index contributed by atoms with van der Waals surface area (Å²) in [5, 5.41) is 11.0. The molecule has 0 aliphatic heterocycles. The molecule has 0 spiro atoms. The van der Waals surface area contributed by atoms with Crippen LogP contribution in [0.5, 0.6) is 0 Å². The van der Waals surface area contributed by atoms with Gasteiger partial charge in [-0.2, -0.15) is 0 Å². The fourth-order valence-electron chi connectivity index (χ4n) is 0.878. The van der Waals surface area contributed by atoms with Crippen molar-refractivity contribution in [3.05, 3.63) is 22.2 Å². The van der Waals surface area contributed by atoms with Gasteiger partial charge in [0.05, 0.1) is 17.8 Å². The molecule has 1 aromatic rings. The van der Waals surface area contributed by atoms with E-state index in [9.17, 15) is 0 Å². The summed E-state index contributed by atoms with van der Waals surface area (Å²) in [7, 11) is 0. The quantitative estimate of drug-likeness (QED) is 0.779. The van der Waals surface area contributed by atoms with E-state index < -0.39 is 0 Å². The zero-order valence-electron chi connectivity index (χ0n) is 7.32. The minimum atomic E-state index is 0.120. The monoisotopic (exact) mass is 183 g/mol. The summed E-state index contributed by atoms with van der Waals surface area (Å²) < 4.78 is 0. The van der Waals surface area contributed by atoms with E-state index in [0.717, 1.165) is 11.3 Å². The normalized spacial score (nSPS) is 12.5. The van der Waals surface area contributed by atoms with E-state index in [1.165, 1.54) is 0 Å². The second-order valence-electron chi connectivity index (χ2n) is 2.95. The van der Waals surface area contributed by atoms with E-state index in [4.69, 9.17) is 5.11 Å². The Morgan fingerprint density at radius 3 is 2.92 bits per heavy atom. The Labute approximate surface area is 76.6 Å². The van der Waals surface area contributed by atoms with Gasteiger partial charge >= 0.3 is 0 Å². The molecule has 1 rings (SSSR count). The van der Waals surface area contributed by atoms with Crippen molar-refractivity contribution in [1.82, 2.24) is 4.98 Å². The summed E-state index contributed by atoms with van der Waals surface area (Å²) in [5.41, 5.74) is 3.76. The van der Waals surface area contributed by atoms with Crippen LogP contribution in [0.4, 0.5) is 0 Å². The molecule has 12 heavy (non-hydrogen) atoms. The number of nitrogens with zero attached hydrogens (tertiary/aromatic N) is 1. The average molecular weight is 183 g/mol. The summed E-state index contributed by atoms with van der Waals surface area (Å²) in [5.74, 6) is 0.386. The van der Waals surface area contributed by atoms with Gasteiger partial charge in [-0.05, 0) is 17.6 Å². The van der Waals surface area contributed by atoms with Gasteiger partial charge < -0.3 is 5.11 Å². The standard InChI is InChI=1S/C9H13NOS/c1-7(2)8(4-11)3-9-5-12-6-10-9/h3,5-7,11H,4H2,1-2H3/b8-3-. The Balaban J connectivity index is 2.78. The molecule has 3 heteroatoms. The maximum Gasteiger partial charge on any atom is 0.0798 e. The Kier molecular flexibility index (Phi) is 3.44. The highest BCUT2D eigenvalue weighted by molar-refractivity contribution is 7.07. The fourth-order valence-corrected chi connectivity index (χ4v) is 1.39. The van der Waals surface area contributed by atoms with Gasteiger partial charge in [-0.3, -0.25) is 0 Å². The van der Waals surface area contributed by atoms with Gasteiger partial charge in [-0.1, -0.05) is 13.8 Å². The van der Waals surface area contributed by atoms with Crippen LogP contribution in [0.2, 0.25) is 0 Å². The molecule has 0 unspecified atom stereocenters. The molecule has 66 valence electrons. The highest BCUT2D eigenvalue weighted by atomic mass is 32.1. The van der Waals surface area contributed by atoms with Crippen LogP contribution in [-0.4, -0.2) is 16.7 Å². The highest BCUT2D eigenvalue weighted by Crippen LogP contribution is 2.13. The summed E-state index contributed by atoms with van der Waals surface area (Å²) in [6.45, 7) is 4.25. The van der Waals surface area contributed by atoms with Crippen LogP contribution in [-0.2, 0) is 0 Å². The zero-order valence-corrected chi connectivity index (χ0v) is 8.14. The number of aromatic nitrogens is 1. The molecule has 0 aromatic carbocycles. The molecule has 0 aliphatic carbocycles. The molecule has 1 aromatic heterocycles. The summed E-state index contributed by atoms with van der Waals surface area (Å²) in [6, 6.07) is 0. The van der Waals surface area contributed by atoms with Crippen LogP contribution < -0.4 is 0 Å². The smallest absolute Gasteiger partial charge is 0.0798 e. The van der Waals surface area contributed by atoms with Gasteiger partial charge in [0.1, 0.15) is 0 Å². The first kappa shape index (κ1) is 9.42. The Morgan fingerprint density at radius 2 is 2.50 bits per heavy atom. The number of hydrogen-bond acceptors (Lipinski definition) is 3.